The van der Waals surface area contributed by atoms with Crippen molar-refractivity contribution in [3.8, 4) is 0 Å². The third-order valence-electron chi connectivity index (χ3n) is 5.26. The van der Waals surface area contributed by atoms with Crippen LogP contribution in [-0.2, 0) is 4.79 Å². The van der Waals surface area contributed by atoms with Crippen LogP contribution in [0.1, 0.15) is 52.9 Å². The minimum Gasteiger partial charge on any atom is -0.353 e. The van der Waals surface area contributed by atoms with Crippen molar-refractivity contribution in [2.75, 3.05) is 0 Å². The van der Waals surface area contributed by atoms with Gasteiger partial charge in [-0.25, -0.2) is 0 Å². The Morgan fingerprint density at radius 3 is 1.88 bits per heavy atom. The fourth-order valence-electron chi connectivity index (χ4n) is 5.53. The molecule has 0 aromatic rings. The van der Waals surface area contributed by atoms with E-state index in [1.165, 1.54) is 32.1 Å². The first-order chi connectivity index (χ1) is 7.39. The van der Waals surface area contributed by atoms with E-state index >= 15 is 0 Å². The molecule has 0 heterocycles. The smallest absolute Gasteiger partial charge is 0.217 e. The van der Waals surface area contributed by atoms with Gasteiger partial charge in [0, 0.05) is 13.0 Å². The molecule has 16 heavy (non-hydrogen) atoms. The lowest BCUT2D eigenvalue weighted by molar-refractivity contribution is -0.133. The number of carbonyl (C=O) groups excluding carboxylic acids is 1. The van der Waals surface area contributed by atoms with E-state index in [4.69, 9.17) is 0 Å². The molecule has 90 valence electrons. The second-order valence-corrected chi connectivity index (χ2v) is 7.36. The van der Waals surface area contributed by atoms with Gasteiger partial charge in [0.25, 0.3) is 0 Å². The van der Waals surface area contributed by atoms with Crippen LogP contribution in [0.5, 0.6) is 0 Å². The maximum Gasteiger partial charge on any atom is 0.217 e. The standard InChI is InChI=1S/C14H23NO/c1-9(16)15-12-10-4-13(2)5-11(12)7-14(3,6-10)8-13/h10-12H,4-8H2,1-3H3,(H,15,16). The summed E-state index contributed by atoms with van der Waals surface area (Å²) in [6.45, 7) is 6.59. The van der Waals surface area contributed by atoms with E-state index in [1.807, 2.05) is 0 Å². The van der Waals surface area contributed by atoms with Gasteiger partial charge in [0.15, 0.2) is 0 Å². The fraction of sp³-hybridized carbons (Fsp3) is 0.929. The second-order valence-electron chi connectivity index (χ2n) is 7.36. The molecule has 0 aromatic heterocycles. The minimum atomic E-state index is 0.160. The Kier molecular flexibility index (Phi) is 2.01. The lowest BCUT2D eigenvalue weighted by atomic mass is 9.44. The molecule has 4 saturated carbocycles. The Labute approximate surface area is 98.2 Å². The molecule has 1 N–H and O–H groups in total. The highest BCUT2D eigenvalue weighted by Crippen LogP contribution is 2.64. The Balaban J connectivity index is 1.86. The van der Waals surface area contributed by atoms with E-state index in [2.05, 4.69) is 19.2 Å². The summed E-state index contributed by atoms with van der Waals surface area (Å²) in [5.41, 5.74) is 1.16. The molecule has 4 rings (SSSR count). The molecule has 0 aromatic carbocycles. The summed E-state index contributed by atoms with van der Waals surface area (Å²) in [5.74, 6) is 1.66. The fourth-order valence-corrected chi connectivity index (χ4v) is 5.53. The quantitative estimate of drug-likeness (QED) is 0.724. The van der Waals surface area contributed by atoms with Crippen LogP contribution >= 0.6 is 0 Å². The van der Waals surface area contributed by atoms with Gasteiger partial charge in [0.05, 0.1) is 0 Å². The van der Waals surface area contributed by atoms with Gasteiger partial charge >= 0.3 is 0 Å². The highest BCUT2D eigenvalue weighted by molar-refractivity contribution is 5.73. The number of hydrogen-bond donors (Lipinski definition) is 1. The lowest BCUT2D eigenvalue weighted by Crippen LogP contribution is -2.61. The van der Waals surface area contributed by atoms with Crippen LogP contribution in [0.15, 0.2) is 0 Å². The first-order valence-electron chi connectivity index (χ1n) is 6.66. The maximum atomic E-state index is 11.3. The van der Waals surface area contributed by atoms with Crippen molar-refractivity contribution in [3.05, 3.63) is 0 Å². The maximum absolute atomic E-state index is 11.3. The summed E-state index contributed by atoms with van der Waals surface area (Å²) in [6.07, 6.45) is 6.77. The van der Waals surface area contributed by atoms with E-state index in [-0.39, 0.29) is 5.91 Å². The van der Waals surface area contributed by atoms with E-state index < -0.39 is 0 Å². The average Bonchev–Trinajstić information content (AvgIpc) is 2.06. The van der Waals surface area contributed by atoms with Crippen LogP contribution in [0.2, 0.25) is 0 Å². The van der Waals surface area contributed by atoms with E-state index in [1.54, 1.807) is 6.92 Å². The van der Waals surface area contributed by atoms with Crippen LogP contribution < -0.4 is 5.32 Å². The Morgan fingerprint density at radius 2 is 1.50 bits per heavy atom. The predicted octanol–water partition coefficient (Wildman–Crippen LogP) is 2.73. The van der Waals surface area contributed by atoms with Crippen molar-refractivity contribution in [3.63, 3.8) is 0 Å². The van der Waals surface area contributed by atoms with Crippen LogP contribution in [-0.4, -0.2) is 11.9 Å². The second kappa shape index (κ2) is 3.02. The van der Waals surface area contributed by atoms with Gasteiger partial charge in [-0.2, -0.15) is 0 Å². The molecule has 4 bridgehead atoms. The summed E-state index contributed by atoms with van der Waals surface area (Å²) in [5, 5.41) is 3.22. The van der Waals surface area contributed by atoms with Crippen molar-refractivity contribution in [1.29, 1.82) is 0 Å². The molecule has 0 spiro atoms. The zero-order valence-corrected chi connectivity index (χ0v) is 10.7. The van der Waals surface area contributed by atoms with Crippen molar-refractivity contribution >= 4 is 5.91 Å². The Bertz CT molecular complexity index is 300. The summed E-state index contributed by atoms with van der Waals surface area (Å²) in [6, 6.07) is 0.485. The first-order valence-corrected chi connectivity index (χ1v) is 6.66. The summed E-state index contributed by atoms with van der Waals surface area (Å²) < 4.78 is 0. The molecule has 0 aliphatic heterocycles. The predicted molar refractivity (Wildman–Crippen MR) is 63.9 cm³/mol. The average molecular weight is 221 g/mol. The zero-order valence-electron chi connectivity index (χ0n) is 10.7. The topological polar surface area (TPSA) is 29.1 Å². The normalized spacial score (nSPS) is 54.1. The number of hydrogen-bond acceptors (Lipinski definition) is 1. The van der Waals surface area contributed by atoms with Gasteiger partial charge < -0.3 is 5.32 Å². The minimum absolute atomic E-state index is 0.160. The molecule has 4 aliphatic carbocycles. The molecular weight excluding hydrogens is 198 g/mol. The highest BCUT2D eigenvalue weighted by atomic mass is 16.1. The number of rotatable bonds is 1. The summed E-state index contributed by atoms with van der Waals surface area (Å²) >= 11 is 0. The third-order valence-corrected chi connectivity index (χ3v) is 5.26. The van der Waals surface area contributed by atoms with Crippen molar-refractivity contribution in [1.82, 2.24) is 5.32 Å². The highest BCUT2D eigenvalue weighted by Gasteiger charge is 2.57. The molecule has 4 aliphatic rings. The third kappa shape index (κ3) is 1.49. The van der Waals surface area contributed by atoms with Gasteiger partial charge in [-0.3, -0.25) is 4.79 Å². The SMILES string of the molecule is CC(=O)NC1C2CC3(C)CC1CC(C)(C2)C3. The number of carbonyl (C=O) groups is 1. The summed E-state index contributed by atoms with van der Waals surface area (Å²) in [4.78, 5) is 11.3. The van der Waals surface area contributed by atoms with Crippen molar-refractivity contribution in [2.24, 2.45) is 22.7 Å². The molecule has 2 nitrogen and oxygen atoms in total. The Morgan fingerprint density at radius 1 is 1.06 bits per heavy atom. The molecule has 4 fully saturated rings. The van der Waals surface area contributed by atoms with Gasteiger partial charge in [0.2, 0.25) is 5.91 Å². The molecule has 2 heteroatoms. The van der Waals surface area contributed by atoms with Crippen LogP contribution in [0, 0.1) is 22.7 Å². The van der Waals surface area contributed by atoms with Gasteiger partial charge in [-0.1, -0.05) is 13.8 Å². The molecule has 0 atom stereocenters. The van der Waals surface area contributed by atoms with Crippen LogP contribution in [0.25, 0.3) is 0 Å². The molecule has 1 amide bonds. The molecular formula is C14H23NO. The van der Waals surface area contributed by atoms with Crippen molar-refractivity contribution < 1.29 is 4.79 Å². The summed E-state index contributed by atoms with van der Waals surface area (Å²) in [7, 11) is 0. The number of nitrogens with one attached hydrogen (secondary N) is 1. The largest absolute Gasteiger partial charge is 0.353 e. The van der Waals surface area contributed by atoms with Crippen molar-refractivity contribution in [2.45, 2.75) is 58.9 Å². The lowest BCUT2D eigenvalue weighted by Gasteiger charge is -2.63. The Hall–Kier alpha value is -0.530. The molecule has 0 unspecified atom stereocenters. The molecule has 0 radical (unpaired) electrons. The van der Waals surface area contributed by atoms with E-state index in [0.717, 1.165) is 11.8 Å². The van der Waals surface area contributed by atoms with Gasteiger partial charge in [-0.15, -0.1) is 0 Å². The van der Waals surface area contributed by atoms with Crippen LogP contribution in [0.3, 0.4) is 0 Å². The van der Waals surface area contributed by atoms with E-state index in [9.17, 15) is 4.79 Å². The first kappa shape index (κ1) is 10.6. The molecule has 0 saturated heterocycles. The van der Waals surface area contributed by atoms with Gasteiger partial charge in [-0.05, 0) is 54.8 Å². The van der Waals surface area contributed by atoms with Gasteiger partial charge in [0.1, 0.15) is 0 Å². The monoisotopic (exact) mass is 221 g/mol. The van der Waals surface area contributed by atoms with E-state index in [0.29, 0.717) is 16.9 Å². The van der Waals surface area contributed by atoms with Crippen LogP contribution in [0.4, 0.5) is 0 Å². The zero-order chi connectivity index (χ0) is 11.6. The number of amides is 1.